The van der Waals surface area contributed by atoms with Crippen LogP contribution in [0.2, 0.25) is 0 Å². The molecule has 1 spiro atoms. The van der Waals surface area contributed by atoms with Crippen LogP contribution < -0.4 is 5.32 Å². The molecule has 1 saturated heterocycles. The van der Waals surface area contributed by atoms with Gasteiger partial charge in [-0.15, -0.1) is 0 Å². The van der Waals surface area contributed by atoms with Crippen LogP contribution in [0.15, 0.2) is 36.7 Å². The first-order valence-electron chi connectivity index (χ1n) is 11.9. The van der Waals surface area contributed by atoms with Crippen molar-refractivity contribution in [2.24, 2.45) is 22.7 Å². The molecule has 3 aliphatic rings. The lowest BCUT2D eigenvalue weighted by Crippen LogP contribution is -2.59. The van der Waals surface area contributed by atoms with Crippen molar-refractivity contribution in [3.63, 3.8) is 0 Å². The molecule has 6 nitrogen and oxygen atoms in total. The summed E-state index contributed by atoms with van der Waals surface area (Å²) in [4.78, 5) is 17.0. The second kappa shape index (κ2) is 7.99. The first-order chi connectivity index (χ1) is 15.4. The molecule has 2 saturated carbocycles. The first kappa shape index (κ1) is 21.7. The van der Waals surface area contributed by atoms with E-state index in [4.69, 9.17) is 9.47 Å². The molecule has 2 aliphatic carbocycles. The molecule has 1 amide bonds. The number of nitrogens with one attached hydrogen (secondary N) is 1. The van der Waals surface area contributed by atoms with Gasteiger partial charge in [-0.1, -0.05) is 26.0 Å². The molecule has 1 aromatic carbocycles. The number of amides is 1. The molecule has 0 radical (unpaired) electrons. The van der Waals surface area contributed by atoms with E-state index in [-0.39, 0.29) is 28.9 Å². The summed E-state index contributed by atoms with van der Waals surface area (Å²) in [5.74, 6) is 2.13. The summed E-state index contributed by atoms with van der Waals surface area (Å²) < 4.78 is 13.6. The van der Waals surface area contributed by atoms with Crippen LogP contribution in [0.3, 0.4) is 0 Å². The summed E-state index contributed by atoms with van der Waals surface area (Å²) in [5.41, 5.74) is 2.57. The monoisotopic (exact) mass is 437 g/mol. The number of carbonyl (C=O) groups is 1. The van der Waals surface area contributed by atoms with E-state index >= 15 is 0 Å². The van der Waals surface area contributed by atoms with Crippen molar-refractivity contribution in [2.45, 2.75) is 58.6 Å². The molecule has 6 heteroatoms. The Kier molecular flexibility index (Phi) is 5.41. The zero-order valence-corrected chi connectivity index (χ0v) is 19.6. The van der Waals surface area contributed by atoms with Crippen molar-refractivity contribution in [3.8, 4) is 5.69 Å². The molecule has 5 rings (SSSR count). The summed E-state index contributed by atoms with van der Waals surface area (Å²) in [6.45, 7) is 7.91. The molecule has 1 N–H and O–H groups in total. The third-order valence-electron chi connectivity index (χ3n) is 8.67. The second-order valence-corrected chi connectivity index (χ2v) is 10.5. The van der Waals surface area contributed by atoms with Crippen LogP contribution in [-0.2, 0) is 14.3 Å². The number of rotatable bonds is 6. The lowest BCUT2D eigenvalue weighted by Gasteiger charge is -2.53. The van der Waals surface area contributed by atoms with E-state index in [9.17, 15) is 4.79 Å². The average Bonchev–Trinajstić information content (AvgIpc) is 3.44. The molecule has 2 heterocycles. The van der Waals surface area contributed by atoms with Gasteiger partial charge in [-0.2, -0.15) is 0 Å². The van der Waals surface area contributed by atoms with Crippen LogP contribution in [0.1, 0.15) is 57.0 Å². The quantitative estimate of drug-likeness (QED) is 0.735. The molecular weight excluding hydrogens is 402 g/mol. The van der Waals surface area contributed by atoms with Crippen molar-refractivity contribution in [2.75, 3.05) is 20.3 Å². The topological polar surface area (TPSA) is 65.4 Å². The summed E-state index contributed by atoms with van der Waals surface area (Å²) in [5, 5.41) is 3.45. The van der Waals surface area contributed by atoms with Crippen LogP contribution in [0.4, 0.5) is 0 Å². The predicted octanol–water partition coefficient (Wildman–Crippen LogP) is 4.22. The van der Waals surface area contributed by atoms with E-state index in [1.165, 1.54) is 18.4 Å². The van der Waals surface area contributed by atoms with Gasteiger partial charge < -0.3 is 19.4 Å². The third kappa shape index (κ3) is 3.30. The van der Waals surface area contributed by atoms with Gasteiger partial charge in [0.2, 0.25) is 5.91 Å². The van der Waals surface area contributed by atoms with Crippen molar-refractivity contribution in [3.05, 3.63) is 48.0 Å². The summed E-state index contributed by atoms with van der Waals surface area (Å²) in [6.07, 6.45) is 7.71. The Morgan fingerprint density at radius 1 is 1.31 bits per heavy atom. The highest BCUT2D eigenvalue weighted by atomic mass is 16.5. The lowest BCUT2D eigenvalue weighted by molar-refractivity contribution is -0.137. The Balaban J connectivity index is 1.41. The molecule has 32 heavy (non-hydrogen) atoms. The first-order valence-corrected chi connectivity index (χ1v) is 11.9. The van der Waals surface area contributed by atoms with E-state index in [1.54, 1.807) is 7.11 Å². The number of nitrogens with zero attached hydrogens (tertiary/aromatic N) is 2. The standard InChI is InChI=1S/C26H35N3O3/c1-17-27-11-12-29(17)20-7-5-18(6-8-20)23-21-15-19-16-26(21,10-14-32-23)24(25(19,2)3)28-22(30)9-13-31-4/h5-8,11-12,19,21,23-24H,9-10,13-16H2,1-4H3,(H,28,30)/t19-,21-,23-,24+,26-/m1/s1. The number of aryl methyl sites for hydroxylation is 1. The summed E-state index contributed by atoms with van der Waals surface area (Å²) >= 11 is 0. The fourth-order valence-electron chi connectivity index (χ4n) is 7.02. The van der Waals surface area contributed by atoms with Crippen molar-refractivity contribution >= 4 is 5.91 Å². The number of ether oxygens (including phenoxy) is 2. The van der Waals surface area contributed by atoms with Gasteiger partial charge in [0, 0.05) is 44.3 Å². The Labute approximate surface area is 190 Å². The van der Waals surface area contributed by atoms with Crippen LogP contribution >= 0.6 is 0 Å². The van der Waals surface area contributed by atoms with Gasteiger partial charge in [0.15, 0.2) is 0 Å². The molecule has 172 valence electrons. The predicted molar refractivity (Wildman–Crippen MR) is 122 cm³/mol. The normalized spacial score (nSPS) is 32.6. The average molecular weight is 438 g/mol. The Morgan fingerprint density at radius 3 is 2.78 bits per heavy atom. The van der Waals surface area contributed by atoms with Crippen LogP contribution in [0.5, 0.6) is 0 Å². The maximum absolute atomic E-state index is 12.7. The fraction of sp³-hybridized carbons (Fsp3) is 0.615. The van der Waals surface area contributed by atoms with Gasteiger partial charge in [0.1, 0.15) is 5.82 Å². The molecule has 1 aromatic heterocycles. The molecule has 5 atom stereocenters. The number of methoxy groups -OCH3 is 1. The van der Waals surface area contributed by atoms with Crippen LogP contribution in [0.25, 0.3) is 5.69 Å². The number of carbonyl (C=O) groups excluding carboxylic acids is 1. The minimum absolute atomic E-state index is 0.0844. The molecular formula is C26H35N3O3. The van der Waals surface area contributed by atoms with Crippen LogP contribution in [-0.4, -0.2) is 41.8 Å². The minimum atomic E-state index is 0.0844. The number of aromatic nitrogens is 2. The summed E-state index contributed by atoms with van der Waals surface area (Å²) in [7, 11) is 1.64. The van der Waals surface area contributed by atoms with Gasteiger partial charge in [-0.25, -0.2) is 4.98 Å². The molecule has 2 bridgehead atoms. The Hall–Kier alpha value is -2.18. The number of benzene rings is 1. The van der Waals surface area contributed by atoms with Crippen molar-refractivity contribution < 1.29 is 14.3 Å². The van der Waals surface area contributed by atoms with E-state index in [2.05, 4.69) is 53.0 Å². The van der Waals surface area contributed by atoms with E-state index in [0.717, 1.165) is 24.5 Å². The highest BCUT2D eigenvalue weighted by molar-refractivity contribution is 5.76. The summed E-state index contributed by atoms with van der Waals surface area (Å²) in [6, 6.07) is 8.93. The number of hydrogen-bond donors (Lipinski definition) is 1. The maximum atomic E-state index is 12.7. The molecule has 2 aromatic rings. The maximum Gasteiger partial charge on any atom is 0.222 e. The Morgan fingerprint density at radius 2 is 2.09 bits per heavy atom. The Bertz CT molecular complexity index is 982. The largest absolute Gasteiger partial charge is 0.384 e. The number of hydrogen-bond acceptors (Lipinski definition) is 4. The van der Waals surface area contributed by atoms with Gasteiger partial charge in [-0.3, -0.25) is 4.79 Å². The molecule has 3 fully saturated rings. The van der Waals surface area contributed by atoms with Crippen molar-refractivity contribution in [1.29, 1.82) is 0 Å². The highest BCUT2D eigenvalue weighted by Gasteiger charge is 2.68. The van der Waals surface area contributed by atoms with Gasteiger partial charge >= 0.3 is 0 Å². The zero-order valence-electron chi connectivity index (χ0n) is 19.6. The van der Waals surface area contributed by atoms with Crippen molar-refractivity contribution in [1.82, 2.24) is 14.9 Å². The number of fused-ring (bicyclic) bond motifs is 1. The van der Waals surface area contributed by atoms with Crippen LogP contribution in [0, 0.1) is 29.6 Å². The molecule has 0 unspecified atom stereocenters. The SMILES string of the molecule is COCCC(=O)N[C@H]1C(C)(C)[C@@H]2C[C@@H]3[C@@H](c4ccc(-n5ccnc5C)cc4)OCC[C@@]31C2. The minimum Gasteiger partial charge on any atom is -0.384 e. The second-order valence-electron chi connectivity index (χ2n) is 10.5. The van der Waals surface area contributed by atoms with Gasteiger partial charge in [0.25, 0.3) is 0 Å². The molecule has 1 aliphatic heterocycles. The fourth-order valence-corrected chi connectivity index (χ4v) is 7.02. The van der Waals surface area contributed by atoms with E-state index in [0.29, 0.717) is 24.9 Å². The highest BCUT2D eigenvalue weighted by Crippen LogP contribution is 2.70. The van der Waals surface area contributed by atoms with E-state index < -0.39 is 0 Å². The van der Waals surface area contributed by atoms with Gasteiger partial charge in [-0.05, 0) is 66.5 Å². The smallest absolute Gasteiger partial charge is 0.222 e. The third-order valence-corrected chi connectivity index (χ3v) is 8.67. The van der Waals surface area contributed by atoms with Gasteiger partial charge in [0.05, 0.1) is 12.7 Å². The number of imidazole rings is 1. The van der Waals surface area contributed by atoms with E-state index in [1.807, 2.05) is 19.3 Å². The zero-order chi connectivity index (χ0) is 22.5. The lowest BCUT2D eigenvalue weighted by atomic mass is 9.59.